The quantitative estimate of drug-likeness (QED) is 0.666. The first-order valence-electron chi connectivity index (χ1n) is 6.03. The van der Waals surface area contributed by atoms with Gasteiger partial charge in [0.2, 0.25) is 0 Å². The van der Waals surface area contributed by atoms with Gasteiger partial charge < -0.3 is 15.8 Å². The highest BCUT2D eigenvalue weighted by atomic mass is 19.1. The van der Waals surface area contributed by atoms with Gasteiger partial charge in [-0.25, -0.2) is 9.18 Å². The molecule has 0 heterocycles. The largest absolute Gasteiger partial charge is 0.465 e. The molecule has 0 aliphatic carbocycles. The highest BCUT2D eigenvalue weighted by Crippen LogP contribution is 2.29. The Labute approximate surface area is 116 Å². The van der Waals surface area contributed by atoms with Crippen molar-refractivity contribution in [2.24, 2.45) is 0 Å². The van der Waals surface area contributed by atoms with Gasteiger partial charge in [0.1, 0.15) is 5.82 Å². The molecule has 0 saturated carbocycles. The van der Waals surface area contributed by atoms with Gasteiger partial charge in [-0.2, -0.15) is 0 Å². The van der Waals surface area contributed by atoms with E-state index in [9.17, 15) is 9.18 Å². The second-order valence-corrected chi connectivity index (χ2v) is 4.35. The average molecular weight is 274 g/mol. The molecule has 2 aromatic rings. The van der Waals surface area contributed by atoms with Crippen molar-refractivity contribution in [3.63, 3.8) is 0 Å². The number of anilines is 3. The topological polar surface area (TPSA) is 64.3 Å². The number of carbonyl (C=O) groups is 1. The van der Waals surface area contributed by atoms with Crippen LogP contribution in [0.5, 0.6) is 0 Å². The van der Waals surface area contributed by atoms with E-state index < -0.39 is 5.97 Å². The van der Waals surface area contributed by atoms with Crippen LogP contribution in [0.2, 0.25) is 0 Å². The Kier molecular flexibility index (Phi) is 3.89. The van der Waals surface area contributed by atoms with Crippen molar-refractivity contribution in [3.05, 3.63) is 53.3 Å². The van der Waals surface area contributed by atoms with Gasteiger partial charge >= 0.3 is 5.97 Å². The van der Waals surface area contributed by atoms with Crippen molar-refractivity contribution in [3.8, 4) is 0 Å². The van der Waals surface area contributed by atoms with Gasteiger partial charge in [-0.05, 0) is 42.8 Å². The molecule has 0 aliphatic rings. The van der Waals surface area contributed by atoms with E-state index in [0.29, 0.717) is 28.2 Å². The first-order chi connectivity index (χ1) is 9.52. The SMILES string of the molecule is COC(=O)c1cccc(N)c1Nc1ccc(F)cc1C. The number of nitrogens with two attached hydrogens (primary N) is 1. The van der Waals surface area contributed by atoms with E-state index in [1.807, 2.05) is 0 Å². The second-order valence-electron chi connectivity index (χ2n) is 4.35. The van der Waals surface area contributed by atoms with Crippen LogP contribution in [0.3, 0.4) is 0 Å². The maximum absolute atomic E-state index is 13.1. The molecule has 104 valence electrons. The van der Waals surface area contributed by atoms with Crippen molar-refractivity contribution in [2.75, 3.05) is 18.2 Å². The molecule has 0 bridgehead atoms. The third-order valence-electron chi connectivity index (χ3n) is 2.95. The lowest BCUT2D eigenvalue weighted by molar-refractivity contribution is 0.0602. The fourth-order valence-corrected chi connectivity index (χ4v) is 1.89. The number of hydrogen-bond donors (Lipinski definition) is 2. The number of benzene rings is 2. The summed E-state index contributed by atoms with van der Waals surface area (Å²) in [7, 11) is 1.30. The lowest BCUT2D eigenvalue weighted by Crippen LogP contribution is -2.08. The molecular weight excluding hydrogens is 259 g/mol. The lowest BCUT2D eigenvalue weighted by atomic mass is 10.1. The smallest absolute Gasteiger partial charge is 0.340 e. The van der Waals surface area contributed by atoms with E-state index in [-0.39, 0.29) is 5.82 Å². The number of esters is 1. The predicted octanol–water partition coefficient (Wildman–Crippen LogP) is 3.25. The first kappa shape index (κ1) is 13.9. The summed E-state index contributed by atoms with van der Waals surface area (Å²) in [6.07, 6.45) is 0. The van der Waals surface area contributed by atoms with E-state index in [1.54, 1.807) is 31.2 Å². The number of methoxy groups -OCH3 is 1. The molecule has 0 unspecified atom stereocenters. The lowest BCUT2D eigenvalue weighted by Gasteiger charge is -2.15. The Morgan fingerprint density at radius 3 is 2.70 bits per heavy atom. The molecule has 0 radical (unpaired) electrons. The summed E-state index contributed by atoms with van der Waals surface area (Å²) in [4.78, 5) is 11.7. The summed E-state index contributed by atoms with van der Waals surface area (Å²) in [6.45, 7) is 1.77. The van der Waals surface area contributed by atoms with E-state index in [4.69, 9.17) is 10.5 Å². The minimum Gasteiger partial charge on any atom is -0.465 e. The first-order valence-corrected chi connectivity index (χ1v) is 6.03. The molecule has 5 heteroatoms. The van der Waals surface area contributed by atoms with Gasteiger partial charge in [-0.1, -0.05) is 6.07 Å². The van der Waals surface area contributed by atoms with Crippen molar-refractivity contribution in [1.82, 2.24) is 0 Å². The summed E-state index contributed by atoms with van der Waals surface area (Å²) in [5.74, 6) is -0.804. The number of nitrogens with one attached hydrogen (secondary N) is 1. The van der Waals surface area contributed by atoms with Crippen LogP contribution in [-0.2, 0) is 4.74 Å². The van der Waals surface area contributed by atoms with Crippen LogP contribution in [0.15, 0.2) is 36.4 Å². The zero-order valence-corrected chi connectivity index (χ0v) is 11.2. The predicted molar refractivity (Wildman–Crippen MR) is 76.6 cm³/mol. The number of carbonyl (C=O) groups excluding carboxylic acids is 1. The normalized spacial score (nSPS) is 10.2. The number of ether oxygens (including phenoxy) is 1. The number of nitrogen functional groups attached to an aromatic ring is 1. The Morgan fingerprint density at radius 1 is 1.30 bits per heavy atom. The highest BCUT2D eigenvalue weighted by Gasteiger charge is 2.15. The summed E-state index contributed by atoms with van der Waals surface area (Å²) < 4.78 is 17.8. The molecule has 2 aromatic carbocycles. The van der Waals surface area contributed by atoms with E-state index in [2.05, 4.69) is 5.32 Å². The van der Waals surface area contributed by atoms with Gasteiger partial charge in [0.05, 0.1) is 24.0 Å². The fourth-order valence-electron chi connectivity index (χ4n) is 1.89. The zero-order chi connectivity index (χ0) is 14.7. The molecule has 0 spiro atoms. The van der Waals surface area contributed by atoms with E-state index in [0.717, 1.165) is 0 Å². The van der Waals surface area contributed by atoms with E-state index >= 15 is 0 Å². The monoisotopic (exact) mass is 274 g/mol. The standard InChI is InChI=1S/C15H15FN2O2/c1-9-8-10(16)6-7-13(9)18-14-11(15(19)20-2)4-3-5-12(14)17/h3-8,18H,17H2,1-2H3. The molecule has 0 atom stereocenters. The number of aryl methyl sites for hydroxylation is 1. The second kappa shape index (κ2) is 5.61. The zero-order valence-electron chi connectivity index (χ0n) is 11.2. The Morgan fingerprint density at radius 2 is 2.05 bits per heavy atom. The molecule has 2 rings (SSSR count). The molecule has 4 nitrogen and oxygen atoms in total. The Balaban J connectivity index is 2.45. The van der Waals surface area contributed by atoms with Crippen LogP contribution in [0.25, 0.3) is 0 Å². The molecule has 20 heavy (non-hydrogen) atoms. The van der Waals surface area contributed by atoms with Crippen molar-refractivity contribution < 1.29 is 13.9 Å². The van der Waals surface area contributed by atoms with Crippen LogP contribution in [0.1, 0.15) is 15.9 Å². The number of hydrogen-bond acceptors (Lipinski definition) is 4. The number of rotatable bonds is 3. The van der Waals surface area contributed by atoms with Crippen LogP contribution in [0.4, 0.5) is 21.5 Å². The molecule has 0 amide bonds. The van der Waals surface area contributed by atoms with Crippen LogP contribution < -0.4 is 11.1 Å². The van der Waals surface area contributed by atoms with Crippen molar-refractivity contribution in [2.45, 2.75) is 6.92 Å². The fraction of sp³-hybridized carbons (Fsp3) is 0.133. The maximum Gasteiger partial charge on any atom is 0.340 e. The van der Waals surface area contributed by atoms with Gasteiger partial charge in [-0.3, -0.25) is 0 Å². The summed E-state index contributed by atoms with van der Waals surface area (Å²) >= 11 is 0. The number of halogens is 1. The van der Waals surface area contributed by atoms with Crippen molar-refractivity contribution in [1.29, 1.82) is 0 Å². The molecule has 0 aliphatic heterocycles. The van der Waals surface area contributed by atoms with Gasteiger partial charge in [0.25, 0.3) is 0 Å². The summed E-state index contributed by atoms with van der Waals surface area (Å²) in [6, 6.07) is 9.30. The average Bonchev–Trinajstić information content (AvgIpc) is 2.42. The minimum atomic E-state index is -0.487. The Bertz CT molecular complexity index is 656. The van der Waals surface area contributed by atoms with Gasteiger partial charge in [-0.15, -0.1) is 0 Å². The summed E-state index contributed by atoms with van der Waals surface area (Å²) in [5.41, 5.74) is 8.48. The van der Waals surface area contributed by atoms with Crippen LogP contribution in [0, 0.1) is 12.7 Å². The van der Waals surface area contributed by atoms with Crippen LogP contribution >= 0.6 is 0 Å². The minimum absolute atomic E-state index is 0.317. The Hall–Kier alpha value is -2.56. The molecule has 0 fully saturated rings. The van der Waals surface area contributed by atoms with Gasteiger partial charge in [0, 0.05) is 5.69 Å². The third kappa shape index (κ3) is 2.71. The maximum atomic E-state index is 13.1. The number of para-hydroxylation sites is 1. The van der Waals surface area contributed by atoms with Crippen LogP contribution in [-0.4, -0.2) is 13.1 Å². The van der Waals surface area contributed by atoms with Gasteiger partial charge in [0.15, 0.2) is 0 Å². The third-order valence-corrected chi connectivity index (χ3v) is 2.95. The van der Waals surface area contributed by atoms with E-state index in [1.165, 1.54) is 19.2 Å². The van der Waals surface area contributed by atoms with Crippen molar-refractivity contribution >= 4 is 23.0 Å². The molecule has 3 N–H and O–H groups in total. The molecular formula is C15H15FN2O2. The highest BCUT2D eigenvalue weighted by molar-refractivity contribution is 6.00. The molecule has 0 saturated heterocycles. The molecule has 0 aromatic heterocycles. The summed E-state index contributed by atoms with van der Waals surface area (Å²) in [5, 5.41) is 3.06.